The molecule has 0 bridgehead atoms. The van der Waals surface area contributed by atoms with Crippen molar-refractivity contribution < 1.29 is 0 Å². The third-order valence-electron chi connectivity index (χ3n) is 1.97. The first kappa shape index (κ1) is 9.32. The lowest BCUT2D eigenvalue weighted by atomic mass is 10.1. The summed E-state index contributed by atoms with van der Waals surface area (Å²) in [6.45, 7) is 0. The molecule has 0 fully saturated rings. The van der Waals surface area contributed by atoms with Gasteiger partial charge in [-0.15, -0.1) is 5.10 Å². The molecule has 6 nitrogen and oxygen atoms in total. The van der Waals surface area contributed by atoms with Crippen molar-refractivity contribution in [3.8, 4) is 0 Å². The second-order valence-corrected chi connectivity index (χ2v) is 2.93. The molecule has 1 aromatic carbocycles. The fourth-order valence-electron chi connectivity index (χ4n) is 1.25. The number of rotatable bonds is 2. The normalized spacial score (nSPS) is 11.7. The highest BCUT2D eigenvalue weighted by atomic mass is 16.4. The van der Waals surface area contributed by atoms with Crippen molar-refractivity contribution in [3.05, 3.63) is 46.9 Å². The number of nitrogens with zero attached hydrogens (tertiary/aromatic N) is 5. The summed E-state index contributed by atoms with van der Waals surface area (Å²) >= 11 is 0. The molecular weight excluding hydrogens is 194 g/mol. The van der Waals surface area contributed by atoms with Crippen molar-refractivity contribution >= 4 is 5.71 Å². The fourth-order valence-corrected chi connectivity index (χ4v) is 1.25. The largest absolute Gasteiger partial charge is 0.791 e. The zero-order valence-corrected chi connectivity index (χ0v) is 8.03. The summed E-state index contributed by atoms with van der Waals surface area (Å²) < 4.78 is 1.41. The van der Waals surface area contributed by atoms with Gasteiger partial charge in [0.25, 0.3) is 0 Å². The summed E-state index contributed by atoms with van der Waals surface area (Å²) in [7, 11) is 1.66. The first-order valence-corrected chi connectivity index (χ1v) is 4.31. The van der Waals surface area contributed by atoms with Crippen LogP contribution in [0.15, 0.2) is 35.5 Å². The summed E-state index contributed by atoms with van der Waals surface area (Å²) in [5.74, 6) is 0.358. The molecule has 0 atom stereocenters. The molecule has 0 amide bonds. The van der Waals surface area contributed by atoms with Crippen molar-refractivity contribution in [2.24, 2.45) is 12.2 Å². The second-order valence-electron chi connectivity index (χ2n) is 2.93. The molecule has 0 unspecified atom stereocenters. The minimum absolute atomic E-state index is 0.239. The molecule has 0 N–H and O–H groups in total. The van der Waals surface area contributed by atoms with Gasteiger partial charge in [0.1, 0.15) is 5.71 Å². The second kappa shape index (κ2) is 3.87. The van der Waals surface area contributed by atoms with E-state index in [1.165, 1.54) is 4.68 Å². The molecule has 2 rings (SSSR count). The van der Waals surface area contributed by atoms with E-state index < -0.39 is 0 Å². The summed E-state index contributed by atoms with van der Waals surface area (Å²) in [5, 5.41) is 24.6. The van der Waals surface area contributed by atoms with Crippen LogP contribution in [-0.2, 0) is 7.05 Å². The van der Waals surface area contributed by atoms with Crippen LogP contribution in [0.25, 0.3) is 0 Å². The van der Waals surface area contributed by atoms with E-state index in [2.05, 4.69) is 20.7 Å². The van der Waals surface area contributed by atoms with Gasteiger partial charge in [0.2, 0.25) is 0 Å². The molecule has 0 spiro atoms. The van der Waals surface area contributed by atoms with E-state index in [0.717, 1.165) is 0 Å². The van der Waals surface area contributed by atoms with Gasteiger partial charge in [-0.1, -0.05) is 30.3 Å². The number of aromatic nitrogens is 4. The summed E-state index contributed by atoms with van der Waals surface area (Å²) in [5.41, 5.74) is 0.938. The van der Waals surface area contributed by atoms with Gasteiger partial charge in [0, 0.05) is 12.6 Å². The van der Waals surface area contributed by atoms with E-state index in [9.17, 15) is 5.21 Å². The quantitative estimate of drug-likeness (QED) is 0.526. The number of hydrogen-bond donors (Lipinski definition) is 0. The zero-order valence-electron chi connectivity index (χ0n) is 8.03. The van der Waals surface area contributed by atoms with E-state index >= 15 is 0 Å². The fraction of sp³-hybridized carbons (Fsp3) is 0.111. The Kier molecular flexibility index (Phi) is 2.40. The van der Waals surface area contributed by atoms with E-state index in [1.807, 2.05) is 18.2 Å². The Labute approximate surface area is 85.8 Å². The summed E-state index contributed by atoms with van der Waals surface area (Å²) in [4.78, 5) is 0. The van der Waals surface area contributed by atoms with Crippen molar-refractivity contribution in [2.75, 3.05) is 0 Å². The van der Waals surface area contributed by atoms with Crippen LogP contribution in [0.1, 0.15) is 11.4 Å². The number of benzene rings is 1. The number of tetrazole rings is 1. The molecular formula is C9H8N5O-. The Balaban J connectivity index is 2.48. The van der Waals surface area contributed by atoms with Crippen LogP contribution < -0.4 is 0 Å². The van der Waals surface area contributed by atoms with Crippen molar-refractivity contribution in [2.45, 2.75) is 0 Å². The Hall–Kier alpha value is -2.24. The SMILES string of the molecule is Cn1nnnc1C(=N[O-])c1ccccc1. The van der Waals surface area contributed by atoms with Gasteiger partial charge >= 0.3 is 0 Å². The van der Waals surface area contributed by atoms with E-state index in [4.69, 9.17) is 0 Å². The number of hydrogen-bond acceptors (Lipinski definition) is 5. The summed E-state index contributed by atoms with van der Waals surface area (Å²) in [6, 6.07) is 9.08. The average Bonchev–Trinajstić information content (AvgIpc) is 2.68. The third kappa shape index (κ3) is 1.69. The molecule has 2 aromatic rings. The molecule has 0 saturated heterocycles. The van der Waals surface area contributed by atoms with Gasteiger partial charge in [0.05, 0.1) is 0 Å². The topological polar surface area (TPSA) is 79.0 Å². The Morgan fingerprint density at radius 1 is 1.33 bits per heavy atom. The average molecular weight is 202 g/mol. The van der Waals surface area contributed by atoms with Crippen LogP contribution in [0, 0.1) is 5.21 Å². The molecule has 0 radical (unpaired) electrons. The third-order valence-corrected chi connectivity index (χ3v) is 1.97. The first-order chi connectivity index (χ1) is 7.33. The highest BCUT2D eigenvalue weighted by molar-refractivity contribution is 6.10. The predicted octanol–water partition coefficient (Wildman–Crippen LogP) is 0.545. The maximum Gasteiger partial charge on any atom is 0.200 e. The molecule has 1 aromatic heterocycles. The highest BCUT2D eigenvalue weighted by Gasteiger charge is 2.11. The van der Waals surface area contributed by atoms with Crippen LogP contribution in [0.5, 0.6) is 0 Å². The minimum Gasteiger partial charge on any atom is -0.791 e. The van der Waals surface area contributed by atoms with Crippen LogP contribution in [-0.4, -0.2) is 25.9 Å². The molecule has 15 heavy (non-hydrogen) atoms. The van der Waals surface area contributed by atoms with Crippen molar-refractivity contribution in [1.29, 1.82) is 0 Å². The van der Waals surface area contributed by atoms with E-state index in [1.54, 1.807) is 19.2 Å². The van der Waals surface area contributed by atoms with Gasteiger partial charge in [-0.3, -0.25) is 0 Å². The lowest BCUT2D eigenvalue weighted by Crippen LogP contribution is -2.10. The van der Waals surface area contributed by atoms with Gasteiger partial charge in [-0.2, -0.15) is 0 Å². The van der Waals surface area contributed by atoms with Crippen molar-refractivity contribution in [1.82, 2.24) is 20.2 Å². The lowest BCUT2D eigenvalue weighted by Gasteiger charge is -2.06. The molecule has 0 aliphatic carbocycles. The van der Waals surface area contributed by atoms with Crippen LogP contribution in [0.3, 0.4) is 0 Å². The van der Waals surface area contributed by atoms with Gasteiger partial charge in [-0.05, 0) is 10.4 Å². The maximum atomic E-state index is 10.8. The number of aryl methyl sites for hydroxylation is 1. The van der Waals surface area contributed by atoms with Crippen molar-refractivity contribution in [3.63, 3.8) is 0 Å². The lowest BCUT2D eigenvalue weighted by molar-refractivity contribution is 0.706. The molecule has 6 heteroatoms. The molecule has 1 heterocycles. The van der Waals surface area contributed by atoms with Gasteiger partial charge in [-0.25, -0.2) is 4.68 Å². The predicted molar refractivity (Wildman–Crippen MR) is 54.2 cm³/mol. The Morgan fingerprint density at radius 3 is 2.60 bits per heavy atom. The molecule has 76 valence electrons. The van der Waals surface area contributed by atoms with Gasteiger partial charge < -0.3 is 10.4 Å². The van der Waals surface area contributed by atoms with E-state index in [0.29, 0.717) is 11.4 Å². The zero-order chi connectivity index (χ0) is 10.7. The van der Waals surface area contributed by atoms with Crippen LogP contribution in [0.4, 0.5) is 0 Å². The Morgan fingerprint density at radius 2 is 2.07 bits per heavy atom. The van der Waals surface area contributed by atoms with Crippen LogP contribution in [0.2, 0.25) is 0 Å². The van der Waals surface area contributed by atoms with Crippen LogP contribution >= 0.6 is 0 Å². The standard InChI is InChI=1S/C9H9N5O/c1-14-9(10-12-13-14)8(11-15)7-5-3-2-4-6-7/h2-6,15H,1H3/p-1. The monoisotopic (exact) mass is 202 g/mol. The molecule has 0 aliphatic heterocycles. The highest BCUT2D eigenvalue weighted by Crippen LogP contribution is 2.06. The molecule has 0 aliphatic rings. The maximum absolute atomic E-state index is 10.8. The van der Waals surface area contributed by atoms with Gasteiger partial charge in [0.15, 0.2) is 5.82 Å². The summed E-state index contributed by atoms with van der Waals surface area (Å²) in [6.07, 6.45) is 0. The minimum atomic E-state index is 0.239. The Bertz CT molecular complexity index is 476. The smallest absolute Gasteiger partial charge is 0.200 e. The first-order valence-electron chi connectivity index (χ1n) is 4.31. The van der Waals surface area contributed by atoms with E-state index in [-0.39, 0.29) is 5.71 Å². The molecule has 0 saturated carbocycles.